The molecule has 4 rings (SSSR count). The van der Waals surface area contributed by atoms with E-state index >= 15 is 0 Å². The van der Waals surface area contributed by atoms with E-state index in [2.05, 4.69) is 27.8 Å². The zero-order valence-electron chi connectivity index (χ0n) is 14.4. The van der Waals surface area contributed by atoms with E-state index in [0.29, 0.717) is 0 Å². The van der Waals surface area contributed by atoms with Gasteiger partial charge in [0.2, 0.25) is 5.78 Å². The fourth-order valence-electron chi connectivity index (χ4n) is 3.34. The van der Waals surface area contributed by atoms with Gasteiger partial charge >= 0.3 is 0 Å². The summed E-state index contributed by atoms with van der Waals surface area (Å²) < 4.78 is 0. The number of fused-ring (bicyclic) bond motifs is 1. The molecule has 0 spiro atoms. The minimum Gasteiger partial charge on any atom is -0.360 e. The minimum absolute atomic E-state index is 0.153. The predicted octanol–water partition coefficient (Wildman–Crippen LogP) is 3.96. The van der Waals surface area contributed by atoms with Crippen LogP contribution in [0.3, 0.4) is 0 Å². The molecule has 0 bridgehead atoms. The van der Waals surface area contributed by atoms with Crippen molar-refractivity contribution in [2.75, 3.05) is 6.54 Å². The van der Waals surface area contributed by atoms with Crippen molar-refractivity contribution in [3.8, 4) is 0 Å². The van der Waals surface area contributed by atoms with Gasteiger partial charge in [-0.3, -0.25) is 4.79 Å². The first-order chi connectivity index (χ1) is 12.8. The molecule has 4 heteroatoms. The topological polar surface area (TPSA) is 49.5 Å². The van der Waals surface area contributed by atoms with Crippen molar-refractivity contribution in [2.24, 2.45) is 0 Å². The third-order valence-corrected chi connectivity index (χ3v) is 5.61. The largest absolute Gasteiger partial charge is 0.360 e. The molecular formula is C22H21N2OS+. The maximum atomic E-state index is 13.4. The van der Waals surface area contributed by atoms with Gasteiger partial charge in [-0.15, -0.1) is 11.3 Å². The number of hydrogen-bond acceptors (Lipinski definition) is 2. The van der Waals surface area contributed by atoms with E-state index in [-0.39, 0.29) is 11.8 Å². The van der Waals surface area contributed by atoms with Crippen LogP contribution in [0.1, 0.15) is 26.8 Å². The lowest BCUT2D eigenvalue weighted by Crippen LogP contribution is -2.87. The Bertz CT molecular complexity index is 989. The summed E-state index contributed by atoms with van der Waals surface area (Å²) in [5, 5.41) is 5.25. The van der Waals surface area contributed by atoms with Crippen molar-refractivity contribution in [3.63, 3.8) is 0 Å². The molecule has 1 atom stereocenters. The van der Waals surface area contributed by atoms with E-state index in [4.69, 9.17) is 0 Å². The van der Waals surface area contributed by atoms with Crippen LogP contribution in [0.5, 0.6) is 0 Å². The fourth-order valence-corrected chi connectivity index (χ4v) is 4.07. The van der Waals surface area contributed by atoms with Gasteiger partial charge in [-0.2, -0.15) is 0 Å². The Balaban J connectivity index is 1.60. The van der Waals surface area contributed by atoms with E-state index in [0.717, 1.165) is 35.0 Å². The summed E-state index contributed by atoms with van der Waals surface area (Å²) in [5.74, 6) is 0.153. The number of para-hydroxylation sites is 1. The smallest absolute Gasteiger partial charge is 0.226 e. The van der Waals surface area contributed by atoms with Crippen molar-refractivity contribution in [1.82, 2.24) is 4.98 Å². The van der Waals surface area contributed by atoms with Crippen LogP contribution in [0.2, 0.25) is 0 Å². The van der Waals surface area contributed by atoms with Gasteiger partial charge in [-0.1, -0.05) is 54.6 Å². The SMILES string of the molecule is O=C(c1c[nH]c2ccccc12)[C@@H]([NH2+]CCc1cccs1)c1ccccc1. The van der Waals surface area contributed by atoms with Crippen LogP contribution in [-0.2, 0) is 6.42 Å². The molecule has 2 aromatic heterocycles. The van der Waals surface area contributed by atoms with Crippen LogP contribution in [0, 0.1) is 0 Å². The Morgan fingerprint density at radius 2 is 1.81 bits per heavy atom. The average molecular weight is 361 g/mol. The highest BCUT2D eigenvalue weighted by Gasteiger charge is 2.27. The van der Waals surface area contributed by atoms with E-state index < -0.39 is 0 Å². The summed E-state index contributed by atoms with van der Waals surface area (Å²) in [7, 11) is 0. The molecule has 0 aliphatic carbocycles. The van der Waals surface area contributed by atoms with Gasteiger partial charge in [-0.05, 0) is 17.5 Å². The van der Waals surface area contributed by atoms with Crippen LogP contribution < -0.4 is 5.32 Å². The first-order valence-electron chi connectivity index (χ1n) is 8.84. The highest BCUT2D eigenvalue weighted by Crippen LogP contribution is 2.23. The Morgan fingerprint density at radius 1 is 1.00 bits per heavy atom. The standard InChI is InChI=1S/C22H20N2OS/c25-22(19-15-24-20-11-5-4-10-18(19)20)21(16-7-2-1-3-8-16)23-13-12-17-9-6-14-26-17/h1-11,14-15,21,23-24H,12-13H2/p+1/t21-/m0/s1. The second kappa shape index (κ2) is 7.68. The van der Waals surface area contributed by atoms with E-state index in [1.54, 1.807) is 11.3 Å². The number of hydrogen-bond donors (Lipinski definition) is 2. The maximum Gasteiger partial charge on any atom is 0.226 e. The number of carbonyl (C=O) groups is 1. The highest BCUT2D eigenvalue weighted by molar-refractivity contribution is 7.09. The van der Waals surface area contributed by atoms with Gasteiger partial charge in [0, 0.05) is 39.5 Å². The quantitative estimate of drug-likeness (QED) is 0.481. The molecule has 0 fully saturated rings. The molecule has 0 unspecified atom stereocenters. The number of carbonyl (C=O) groups excluding carboxylic acids is 1. The molecule has 26 heavy (non-hydrogen) atoms. The number of rotatable bonds is 7. The molecule has 0 saturated carbocycles. The molecule has 0 amide bonds. The number of benzene rings is 2. The number of ketones is 1. The lowest BCUT2D eigenvalue weighted by atomic mass is 9.97. The number of Topliss-reactive ketones (excluding diaryl/α,β-unsaturated/α-hetero) is 1. The Labute approximate surface area is 156 Å². The van der Waals surface area contributed by atoms with Crippen LogP contribution >= 0.6 is 11.3 Å². The molecule has 0 aliphatic rings. The van der Waals surface area contributed by atoms with Crippen molar-refractivity contribution in [1.29, 1.82) is 0 Å². The zero-order chi connectivity index (χ0) is 17.8. The Morgan fingerprint density at radius 3 is 2.62 bits per heavy atom. The van der Waals surface area contributed by atoms with Crippen molar-refractivity contribution < 1.29 is 10.1 Å². The first-order valence-corrected chi connectivity index (χ1v) is 9.72. The molecule has 130 valence electrons. The normalized spacial score (nSPS) is 12.3. The van der Waals surface area contributed by atoms with Gasteiger partial charge in [0.1, 0.15) is 0 Å². The number of thiophene rings is 1. The number of nitrogens with two attached hydrogens (primary N) is 1. The molecule has 3 nitrogen and oxygen atoms in total. The van der Waals surface area contributed by atoms with Crippen LogP contribution in [0.4, 0.5) is 0 Å². The average Bonchev–Trinajstić information content (AvgIpc) is 3.35. The fraction of sp³-hybridized carbons (Fsp3) is 0.136. The number of H-pyrrole nitrogens is 1. The maximum absolute atomic E-state index is 13.4. The van der Waals surface area contributed by atoms with Gasteiger partial charge in [0.05, 0.1) is 6.54 Å². The number of quaternary nitrogens is 1. The summed E-state index contributed by atoms with van der Waals surface area (Å²) in [6.07, 6.45) is 2.82. The molecular weight excluding hydrogens is 340 g/mol. The van der Waals surface area contributed by atoms with Gasteiger partial charge in [0.15, 0.2) is 6.04 Å². The summed E-state index contributed by atoms with van der Waals surface area (Å²) in [6, 6.07) is 22.0. The molecule has 3 N–H and O–H groups in total. The van der Waals surface area contributed by atoms with Gasteiger partial charge in [-0.25, -0.2) is 0 Å². The lowest BCUT2D eigenvalue weighted by Gasteiger charge is -2.14. The summed E-state index contributed by atoms with van der Waals surface area (Å²) in [4.78, 5) is 17.9. The Kier molecular flexibility index (Phi) is 4.95. The molecule has 2 aromatic carbocycles. The molecule has 0 aliphatic heterocycles. The third kappa shape index (κ3) is 3.47. The van der Waals surface area contributed by atoms with E-state index in [1.807, 2.05) is 60.8 Å². The molecule has 4 aromatic rings. The van der Waals surface area contributed by atoms with Gasteiger partial charge in [0.25, 0.3) is 0 Å². The Hall–Kier alpha value is -2.69. The summed E-state index contributed by atoms with van der Waals surface area (Å²) >= 11 is 1.77. The molecule has 0 saturated heterocycles. The number of aromatic amines is 1. The predicted molar refractivity (Wildman–Crippen MR) is 107 cm³/mol. The second-order valence-corrected chi connectivity index (χ2v) is 7.39. The van der Waals surface area contributed by atoms with E-state index in [1.165, 1.54) is 4.88 Å². The zero-order valence-corrected chi connectivity index (χ0v) is 15.2. The van der Waals surface area contributed by atoms with Gasteiger partial charge < -0.3 is 10.3 Å². The highest BCUT2D eigenvalue weighted by atomic mass is 32.1. The first kappa shape index (κ1) is 16.8. The minimum atomic E-state index is -0.227. The third-order valence-electron chi connectivity index (χ3n) is 4.67. The number of aromatic nitrogens is 1. The van der Waals surface area contributed by atoms with E-state index in [9.17, 15) is 4.79 Å². The lowest BCUT2D eigenvalue weighted by molar-refractivity contribution is -0.681. The number of nitrogens with one attached hydrogen (secondary N) is 1. The van der Waals surface area contributed by atoms with Crippen molar-refractivity contribution in [3.05, 3.63) is 94.3 Å². The molecule has 0 radical (unpaired) electrons. The monoisotopic (exact) mass is 361 g/mol. The summed E-state index contributed by atoms with van der Waals surface area (Å²) in [5.41, 5.74) is 2.82. The van der Waals surface area contributed by atoms with Crippen LogP contribution in [0.15, 0.2) is 78.3 Å². The van der Waals surface area contributed by atoms with Crippen molar-refractivity contribution in [2.45, 2.75) is 12.5 Å². The molecule has 2 heterocycles. The summed E-state index contributed by atoms with van der Waals surface area (Å²) in [6.45, 7) is 0.883. The van der Waals surface area contributed by atoms with Crippen LogP contribution in [-0.4, -0.2) is 17.3 Å². The van der Waals surface area contributed by atoms with Crippen LogP contribution in [0.25, 0.3) is 10.9 Å². The second-order valence-electron chi connectivity index (χ2n) is 6.35. The van der Waals surface area contributed by atoms with Crippen molar-refractivity contribution >= 4 is 28.0 Å².